The van der Waals surface area contributed by atoms with Crippen LogP contribution in [0, 0.1) is 5.92 Å². The van der Waals surface area contributed by atoms with Crippen LogP contribution in [0.4, 0.5) is 0 Å². The van der Waals surface area contributed by atoms with Gasteiger partial charge in [0, 0.05) is 5.56 Å². The van der Waals surface area contributed by atoms with Gasteiger partial charge in [0.05, 0.1) is 5.71 Å². The highest BCUT2D eigenvalue weighted by Crippen LogP contribution is 2.26. The van der Waals surface area contributed by atoms with Gasteiger partial charge in [-0.25, -0.2) is 5.43 Å². The highest BCUT2D eigenvalue weighted by molar-refractivity contribution is 6.02. The normalized spacial score (nSPS) is 20.0. The SMILES string of the molecule is C=C(C)[C@@H]1CC=C(C)/C(=N/NC(=O)c2ccc(O)cc2)C1. The van der Waals surface area contributed by atoms with Crippen LogP contribution in [0.2, 0.25) is 0 Å². The predicted octanol–water partition coefficient (Wildman–Crippen LogP) is 3.41. The number of carbonyl (C=O) groups is 1. The molecule has 2 rings (SSSR count). The summed E-state index contributed by atoms with van der Waals surface area (Å²) in [5.74, 6) is 0.235. The van der Waals surface area contributed by atoms with Crippen LogP contribution in [0.1, 0.15) is 37.0 Å². The maximum Gasteiger partial charge on any atom is 0.271 e. The zero-order valence-corrected chi connectivity index (χ0v) is 12.4. The van der Waals surface area contributed by atoms with Crippen LogP contribution in [0.3, 0.4) is 0 Å². The minimum Gasteiger partial charge on any atom is -0.508 e. The maximum atomic E-state index is 12.0. The van der Waals surface area contributed by atoms with Gasteiger partial charge in [0.15, 0.2) is 0 Å². The highest BCUT2D eigenvalue weighted by atomic mass is 16.3. The summed E-state index contributed by atoms with van der Waals surface area (Å²) in [5.41, 5.74) is 6.16. The number of hydrogen-bond acceptors (Lipinski definition) is 3. The second-order valence-electron chi connectivity index (χ2n) is 5.42. The number of aromatic hydroxyl groups is 1. The molecule has 0 aromatic heterocycles. The third kappa shape index (κ3) is 3.81. The Kier molecular flexibility index (Phi) is 4.58. The average Bonchev–Trinajstić information content (AvgIpc) is 2.46. The van der Waals surface area contributed by atoms with Crippen molar-refractivity contribution >= 4 is 11.6 Å². The van der Waals surface area contributed by atoms with E-state index in [0.29, 0.717) is 11.5 Å². The molecule has 0 unspecified atom stereocenters. The van der Waals surface area contributed by atoms with E-state index in [1.807, 2.05) is 13.8 Å². The molecule has 1 aromatic carbocycles. The molecule has 0 fully saturated rings. The zero-order chi connectivity index (χ0) is 15.4. The third-order valence-electron chi connectivity index (χ3n) is 3.72. The van der Waals surface area contributed by atoms with Crippen LogP contribution >= 0.6 is 0 Å². The van der Waals surface area contributed by atoms with Crippen LogP contribution in [-0.4, -0.2) is 16.7 Å². The summed E-state index contributed by atoms with van der Waals surface area (Å²) in [4.78, 5) is 12.0. The Morgan fingerprint density at radius 2 is 2.05 bits per heavy atom. The fourth-order valence-corrected chi connectivity index (χ4v) is 2.22. The third-order valence-corrected chi connectivity index (χ3v) is 3.72. The maximum absolute atomic E-state index is 12.0. The fourth-order valence-electron chi connectivity index (χ4n) is 2.22. The van der Waals surface area contributed by atoms with E-state index >= 15 is 0 Å². The monoisotopic (exact) mass is 284 g/mol. The number of benzene rings is 1. The van der Waals surface area contributed by atoms with E-state index in [2.05, 4.69) is 23.2 Å². The number of hydrazone groups is 1. The molecule has 21 heavy (non-hydrogen) atoms. The van der Waals surface area contributed by atoms with Crippen molar-refractivity contribution in [3.8, 4) is 5.75 Å². The van der Waals surface area contributed by atoms with E-state index in [9.17, 15) is 9.90 Å². The first-order valence-corrected chi connectivity index (χ1v) is 6.96. The number of carbonyl (C=O) groups excluding carboxylic acids is 1. The molecule has 0 radical (unpaired) electrons. The number of phenolic OH excluding ortho intramolecular Hbond substituents is 1. The number of nitrogens with one attached hydrogen (secondary N) is 1. The molecule has 0 aliphatic heterocycles. The second-order valence-corrected chi connectivity index (χ2v) is 5.42. The molecule has 1 atom stereocenters. The summed E-state index contributed by atoms with van der Waals surface area (Å²) in [5, 5.41) is 13.5. The number of rotatable bonds is 3. The molecule has 0 saturated heterocycles. The molecule has 2 N–H and O–H groups in total. The van der Waals surface area contributed by atoms with Crippen molar-refractivity contribution in [3.05, 3.63) is 53.6 Å². The summed E-state index contributed by atoms with van der Waals surface area (Å²) >= 11 is 0. The smallest absolute Gasteiger partial charge is 0.271 e. The van der Waals surface area contributed by atoms with Crippen LogP contribution in [0.15, 0.2) is 53.2 Å². The Labute approximate surface area is 124 Å². The van der Waals surface area contributed by atoms with Crippen molar-refractivity contribution in [1.82, 2.24) is 5.43 Å². The standard InChI is InChI=1S/C17H20N2O2/c1-11(2)14-5-4-12(3)16(10-14)18-19-17(21)13-6-8-15(20)9-7-13/h4,6-9,14,20H,1,5,10H2,2-3H3,(H,19,21)/b18-16+/t14-/m1/s1. The van der Waals surface area contributed by atoms with E-state index in [-0.39, 0.29) is 11.7 Å². The Balaban J connectivity index is 2.07. The molecule has 4 nitrogen and oxygen atoms in total. The molecule has 110 valence electrons. The fraction of sp³-hybridized carbons (Fsp3) is 0.294. The quantitative estimate of drug-likeness (QED) is 0.660. The largest absolute Gasteiger partial charge is 0.508 e. The zero-order valence-electron chi connectivity index (χ0n) is 12.4. The molecule has 0 heterocycles. The van der Waals surface area contributed by atoms with Gasteiger partial charge in [-0.1, -0.05) is 18.2 Å². The molecule has 0 saturated carbocycles. The lowest BCUT2D eigenvalue weighted by atomic mass is 9.85. The summed E-state index contributed by atoms with van der Waals surface area (Å²) in [6, 6.07) is 6.08. The molecule has 0 bridgehead atoms. The van der Waals surface area contributed by atoms with Crippen LogP contribution in [0.5, 0.6) is 5.75 Å². The van der Waals surface area contributed by atoms with E-state index in [0.717, 1.165) is 29.7 Å². The topological polar surface area (TPSA) is 61.7 Å². The lowest BCUT2D eigenvalue weighted by Crippen LogP contribution is -2.23. The first kappa shape index (κ1) is 15.0. The summed E-state index contributed by atoms with van der Waals surface area (Å²) in [6.45, 7) is 8.01. The van der Waals surface area contributed by atoms with Crippen molar-refractivity contribution in [2.75, 3.05) is 0 Å². The van der Waals surface area contributed by atoms with Crippen molar-refractivity contribution in [3.63, 3.8) is 0 Å². The molecule has 1 amide bonds. The van der Waals surface area contributed by atoms with Gasteiger partial charge in [0.1, 0.15) is 5.75 Å². The molecule has 4 heteroatoms. The number of allylic oxidation sites excluding steroid dienone is 3. The molecular formula is C17H20N2O2. The van der Waals surface area contributed by atoms with Gasteiger partial charge in [-0.3, -0.25) is 4.79 Å². The second kappa shape index (κ2) is 6.39. The first-order chi connectivity index (χ1) is 9.97. The molecule has 0 spiro atoms. The van der Waals surface area contributed by atoms with Gasteiger partial charge in [-0.2, -0.15) is 5.10 Å². The van der Waals surface area contributed by atoms with Crippen LogP contribution < -0.4 is 5.43 Å². The molecule has 1 aliphatic rings. The average molecular weight is 284 g/mol. The summed E-state index contributed by atoms with van der Waals surface area (Å²) in [7, 11) is 0. The van der Waals surface area contributed by atoms with Gasteiger partial charge in [-0.15, -0.1) is 0 Å². The van der Waals surface area contributed by atoms with Crippen molar-refractivity contribution in [1.29, 1.82) is 0 Å². The highest BCUT2D eigenvalue weighted by Gasteiger charge is 2.18. The van der Waals surface area contributed by atoms with Crippen molar-refractivity contribution in [2.45, 2.75) is 26.7 Å². The Morgan fingerprint density at radius 1 is 1.38 bits per heavy atom. The van der Waals surface area contributed by atoms with Gasteiger partial charge in [-0.05, 0) is 62.4 Å². The molecular weight excluding hydrogens is 264 g/mol. The summed E-state index contributed by atoms with van der Waals surface area (Å²) < 4.78 is 0. The van der Waals surface area contributed by atoms with Gasteiger partial charge >= 0.3 is 0 Å². The van der Waals surface area contributed by atoms with Crippen LogP contribution in [-0.2, 0) is 0 Å². The van der Waals surface area contributed by atoms with Gasteiger partial charge < -0.3 is 5.11 Å². The number of amides is 1. The first-order valence-electron chi connectivity index (χ1n) is 6.96. The van der Waals surface area contributed by atoms with Gasteiger partial charge in [0.25, 0.3) is 5.91 Å². The van der Waals surface area contributed by atoms with E-state index in [1.54, 1.807) is 12.1 Å². The molecule has 1 aromatic rings. The minimum absolute atomic E-state index is 0.133. The lowest BCUT2D eigenvalue weighted by Gasteiger charge is -2.22. The Bertz CT molecular complexity index is 612. The predicted molar refractivity (Wildman–Crippen MR) is 84.3 cm³/mol. The lowest BCUT2D eigenvalue weighted by molar-refractivity contribution is 0.0954. The van der Waals surface area contributed by atoms with Gasteiger partial charge in [0.2, 0.25) is 0 Å². The summed E-state index contributed by atoms with van der Waals surface area (Å²) in [6.07, 6.45) is 3.91. The Morgan fingerprint density at radius 3 is 2.67 bits per heavy atom. The Hall–Kier alpha value is -2.36. The number of nitrogens with zero attached hydrogens (tertiary/aromatic N) is 1. The van der Waals surface area contributed by atoms with E-state index < -0.39 is 0 Å². The number of hydrogen-bond donors (Lipinski definition) is 2. The minimum atomic E-state index is -0.284. The van der Waals surface area contributed by atoms with E-state index in [1.165, 1.54) is 12.1 Å². The number of phenols is 1. The van der Waals surface area contributed by atoms with Crippen molar-refractivity contribution in [2.24, 2.45) is 11.0 Å². The van der Waals surface area contributed by atoms with Crippen molar-refractivity contribution < 1.29 is 9.90 Å². The van der Waals surface area contributed by atoms with Crippen LogP contribution in [0.25, 0.3) is 0 Å². The molecule has 1 aliphatic carbocycles. The van der Waals surface area contributed by atoms with E-state index in [4.69, 9.17) is 0 Å².